The van der Waals surface area contributed by atoms with Crippen molar-refractivity contribution in [1.29, 1.82) is 0 Å². The normalized spacial score (nSPS) is 11.8. The molecule has 4 aromatic rings. The summed E-state index contributed by atoms with van der Waals surface area (Å²) in [6.45, 7) is 3.33. The van der Waals surface area contributed by atoms with Crippen LogP contribution in [0.25, 0.3) is 10.9 Å². The van der Waals surface area contributed by atoms with Crippen LogP contribution in [0.5, 0.6) is 11.6 Å². The number of benzene rings is 3. The zero-order valence-electron chi connectivity index (χ0n) is 20.1. The summed E-state index contributed by atoms with van der Waals surface area (Å²) in [4.78, 5) is 13.0. The van der Waals surface area contributed by atoms with Gasteiger partial charge in [-0.15, -0.1) is 10.2 Å². The number of azo groups is 1. The second kappa shape index (κ2) is 10.2. The van der Waals surface area contributed by atoms with Crippen molar-refractivity contribution in [2.75, 3.05) is 17.5 Å². The van der Waals surface area contributed by atoms with E-state index in [0.717, 1.165) is 9.87 Å². The van der Waals surface area contributed by atoms with E-state index >= 15 is 0 Å². The van der Waals surface area contributed by atoms with Crippen LogP contribution in [0.2, 0.25) is 0 Å². The molecular weight excluding hydrogens is 480 g/mol. The summed E-state index contributed by atoms with van der Waals surface area (Å²) in [5, 5.41) is 18.8. The summed E-state index contributed by atoms with van der Waals surface area (Å²) < 4.78 is 35.4. The molecule has 0 unspecified atom stereocenters. The number of carbonyl (C=O) groups excluding carboxylic acids is 1. The first-order valence-electron chi connectivity index (χ1n) is 11.3. The summed E-state index contributed by atoms with van der Waals surface area (Å²) in [5.41, 5.74) is 1.95. The number of para-hydroxylation sites is 3. The molecule has 4 rings (SSSR count). The zero-order chi connectivity index (χ0) is 25.9. The van der Waals surface area contributed by atoms with Gasteiger partial charge in [0, 0.05) is 12.4 Å². The van der Waals surface area contributed by atoms with Gasteiger partial charge in [0.1, 0.15) is 12.3 Å². The van der Waals surface area contributed by atoms with Crippen molar-refractivity contribution >= 4 is 38.2 Å². The largest absolute Gasteiger partial charge is 0.493 e. The van der Waals surface area contributed by atoms with Crippen molar-refractivity contribution in [1.82, 2.24) is 4.57 Å². The molecule has 0 aliphatic carbocycles. The molecule has 1 aromatic heterocycles. The molecule has 186 valence electrons. The van der Waals surface area contributed by atoms with E-state index in [0.29, 0.717) is 23.3 Å². The van der Waals surface area contributed by atoms with E-state index in [1.807, 2.05) is 13.0 Å². The van der Waals surface area contributed by atoms with Crippen LogP contribution in [0.15, 0.2) is 87.9 Å². The lowest BCUT2D eigenvalue weighted by molar-refractivity contribution is -0.116. The van der Waals surface area contributed by atoms with Crippen LogP contribution in [0.1, 0.15) is 12.5 Å². The van der Waals surface area contributed by atoms with Gasteiger partial charge in [0.15, 0.2) is 5.69 Å². The van der Waals surface area contributed by atoms with Crippen molar-refractivity contribution in [3.8, 4) is 11.6 Å². The van der Waals surface area contributed by atoms with Gasteiger partial charge in [-0.3, -0.25) is 9.10 Å². The van der Waals surface area contributed by atoms with Crippen LogP contribution in [0, 0.1) is 6.92 Å². The number of ether oxygens (including phenoxy) is 1. The first kappa shape index (κ1) is 24.9. The average Bonchev–Trinajstić information content (AvgIpc) is 3.11. The molecule has 9 nitrogen and oxygen atoms in total. The summed E-state index contributed by atoms with van der Waals surface area (Å²) in [6.07, 6.45) is 0. The number of aromatic hydroxyl groups is 1. The van der Waals surface area contributed by atoms with E-state index in [1.165, 1.54) is 16.7 Å². The third kappa shape index (κ3) is 4.80. The molecule has 0 atom stereocenters. The highest BCUT2D eigenvalue weighted by atomic mass is 32.2. The molecule has 0 bridgehead atoms. The van der Waals surface area contributed by atoms with Crippen LogP contribution in [0.4, 0.5) is 11.4 Å². The topological polar surface area (TPSA) is 114 Å². The number of rotatable bonds is 8. The molecule has 0 fully saturated rings. The minimum Gasteiger partial charge on any atom is -0.493 e. The first-order chi connectivity index (χ1) is 17.2. The molecule has 0 saturated heterocycles. The van der Waals surface area contributed by atoms with Crippen LogP contribution in [0.3, 0.4) is 0 Å². The van der Waals surface area contributed by atoms with Crippen LogP contribution in [-0.4, -0.2) is 37.2 Å². The van der Waals surface area contributed by atoms with Crippen LogP contribution < -0.4 is 9.04 Å². The molecule has 0 aliphatic rings. The molecule has 1 N–H and O–H groups in total. The van der Waals surface area contributed by atoms with Crippen molar-refractivity contribution in [3.05, 3.63) is 78.4 Å². The minimum absolute atomic E-state index is 0.0239. The van der Waals surface area contributed by atoms with E-state index in [9.17, 15) is 18.3 Å². The third-order valence-electron chi connectivity index (χ3n) is 5.63. The SMILES string of the molecule is CCOc1ccccc1N(CC(=O)N=Nc1c(O)n(C)c2ccccc12)S(=O)(=O)c1ccc(C)cc1. The Morgan fingerprint density at radius 3 is 2.42 bits per heavy atom. The maximum atomic E-state index is 13.6. The van der Waals surface area contributed by atoms with E-state index in [2.05, 4.69) is 10.2 Å². The highest BCUT2D eigenvalue weighted by Gasteiger charge is 2.29. The number of carbonyl (C=O) groups is 1. The van der Waals surface area contributed by atoms with E-state index < -0.39 is 22.5 Å². The lowest BCUT2D eigenvalue weighted by Crippen LogP contribution is -2.35. The lowest BCUT2D eigenvalue weighted by Gasteiger charge is -2.25. The van der Waals surface area contributed by atoms with Gasteiger partial charge in [-0.05, 0) is 44.2 Å². The van der Waals surface area contributed by atoms with Gasteiger partial charge >= 0.3 is 0 Å². The van der Waals surface area contributed by atoms with Crippen LogP contribution in [-0.2, 0) is 21.9 Å². The summed E-state index contributed by atoms with van der Waals surface area (Å²) in [7, 11) is -2.49. The van der Waals surface area contributed by atoms with Gasteiger partial charge in [-0.2, -0.15) is 0 Å². The Kier molecular flexibility index (Phi) is 7.07. The number of nitrogens with zero attached hydrogens (tertiary/aromatic N) is 4. The summed E-state index contributed by atoms with van der Waals surface area (Å²) in [6, 6.07) is 20.1. The Bertz CT molecular complexity index is 1540. The second-order valence-electron chi connectivity index (χ2n) is 8.07. The van der Waals surface area contributed by atoms with Gasteiger partial charge < -0.3 is 14.4 Å². The Morgan fingerprint density at radius 2 is 1.69 bits per heavy atom. The number of hydrogen-bond acceptors (Lipinski definition) is 6. The minimum atomic E-state index is -4.15. The van der Waals surface area contributed by atoms with Gasteiger partial charge in [0.25, 0.3) is 15.9 Å². The predicted molar refractivity (Wildman–Crippen MR) is 137 cm³/mol. The van der Waals surface area contributed by atoms with Crippen molar-refractivity contribution in [3.63, 3.8) is 0 Å². The quantitative estimate of drug-likeness (QED) is 0.334. The van der Waals surface area contributed by atoms with Gasteiger partial charge in [-0.1, -0.05) is 48.0 Å². The number of fused-ring (bicyclic) bond motifs is 1. The fourth-order valence-corrected chi connectivity index (χ4v) is 5.22. The number of amides is 1. The van der Waals surface area contributed by atoms with E-state index in [1.54, 1.807) is 68.6 Å². The Balaban J connectivity index is 1.73. The standard InChI is InChI=1S/C26H26N4O5S/c1-4-35-23-12-8-7-11-22(23)30(36(33,34)19-15-13-18(2)14-16-19)17-24(31)27-28-25-20-9-5-6-10-21(20)29(3)26(25)32/h5-16,32H,4,17H2,1-3H3. The molecule has 36 heavy (non-hydrogen) atoms. The first-order valence-corrected chi connectivity index (χ1v) is 12.7. The maximum Gasteiger partial charge on any atom is 0.285 e. The molecule has 1 amide bonds. The Morgan fingerprint density at radius 1 is 1.03 bits per heavy atom. The number of hydrogen-bond donors (Lipinski definition) is 1. The van der Waals surface area contributed by atoms with Crippen molar-refractivity contribution < 1.29 is 23.1 Å². The van der Waals surface area contributed by atoms with Crippen molar-refractivity contribution in [2.45, 2.75) is 18.7 Å². The van der Waals surface area contributed by atoms with Gasteiger partial charge in [0.2, 0.25) is 5.88 Å². The Labute approximate surface area is 209 Å². The van der Waals surface area contributed by atoms with Crippen molar-refractivity contribution in [2.24, 2.45) is 17.3 Å². The average molecular weight is 507 g/mol. The molecule has 0 spiro atoms. The summed E-state index contributed by atoms with van der Waals surface area (Å²) >= 11 is 0. The van der Waals surface area contributed by atoms with Gasteiger partial charge in [-0.25, -0.2) is 8.42 Å². The predicted octanol–water partition coefficient (Wildman–Crippen LogP) is 5.10. The lowest BCUT2D eigenvalue weighted by atomic mass is 10.2. The molecular formula is C26H26N4O5S. The van der Waals surface area contributed by atoms with E-state index in [4.69, 9.17) is 4.74 Å². The molecule has 3 aromatic carbocycles. The molecule has 0 saturated carbocycles. The summed E-state index contributed by atoms with van der Waals surface area (Å²) in [5.74, 6) is -0.657. The zero-order valence-corrected chi connectivity index (χ0v) is 20.9. The number of aromatic nitrogens is 1. The third-order valence-corrected chi connectivity index (χ3v) is 7.41. The van der Waals surface area contributed by atoms with Crippen LogP contribution >= 0.6 is 0 Å². The maximum absolute atomic E-state index is 13.6. The molecule has 0 radical (unpaired) electrons. The second-order valence-corrected chi connectivity index (χ2v) is 9.93. The Hall–Kier alpha value is -4.18. The molecule has 10 heteroatoms. The fourth-order valence-electron chi connectivity index (χ4n) is 3.80. The highest BCUT2D eigenvalue weighted by Crippen LogP contribution is 2.38. The van der Waals surface area contributed by atoms with E-state index in [-0.39, 0.29) is 22.2 Å². The monoisotopic (exact) mass is 506 g/mol. The number of anilines is 1. The fraction of sp³-hybridized carbons (Fsp3) is 0.192. The highest BCUT2D eigenvalue weighted by molar-refractivity contribution is 7.92. The number of sulfonamides is 1. The number of aryl methyl sites for hydroxylation is 2. The molecule has 0 aliphatic heterocycles. The smallest absolute Gasteiger partial charge is 0.285 e. The molecule has 1 heterocycles. The van der Waals surface area contributed by atoms with Gasteiger partial charge in [0.05, 0.1) is 22.7 Å².